The van der Waals surface area contributed by atoms with Crippen LogP contribution in [0.1, 0.15) is 29.7 Å². The van der Waals surface area contributed by atoms with Gasteiger partial charge < -0.3 is 14.6 Å². The lowest BCUT2D eigenvalue weighted by atomic mass is 9.94. The number of Topliss-reactive ketones (excluding diaryl/α,β-unsaturated/α-hetero) is 1. The Hall–Kier alpha value is -3.88. The van der Waals surface area contributed by atoms with Crippen molar-refractivity contribution < 1.29 is 24.2 Å². The van der Waals surface area contributed by atoms with E-state index in [2.05, 4.69) is 4.98 Å². The Bertz CT molecular complexity index is 1610. The second kappa shape index (κ2) is 8.90. The lowest BCUT2D eigenvalue weighted by Gasteiger charge is -2.23. The number of thiazole rings is 1. The highest BCUT2D eigenvalue weighted by atomic mass is 35.5. The quantitative estimate of drug-likeness (QED) is 0.200. The number of hydrogen-bond donors (Lipinski definition) is 1. The molecule has 0 radical (unpaired) electrons. The van der Waals surface area contributed by atoms with Crippen LogP contribution in [-0.4, -0.2) is 35.0 Å². The van der Waals surface area contributed by atoms with Crippen LogP contribution < -0.4 is 14.4 Å². The number of amides is 1. The van der Waals surface area contributed by atoms with Crippen molar-refractivity contribution in [2.24, 2.45) is 0 Å². The first-order valence-electron chi connectivity index (χ1n) is 11.6. The van der Waals surface area contributed by atoms with E-state index in [-0.39, 0.29) is 17.4 Å². The number of methoxy groups -OCH3 is 1. The SMILES string of the molecule is COc1ccc2nc(N3C(=O)C(=O)C(=C(O)c4ccc5c(c4)C[C@@H](C)O5)[C@H]3c3ccc(Cl)cc3)sc2c1. The molecule has 1 amide bonds. The van der Waals surface area contributed by atoms with E-state index < -0.39 is 17.7 Å². The summed E-state index contributed by atoms with van der Waals surface area (Å²) >= 11 is 7.40. The fourth-order valence-corrected chi connectivity index (χ4v) is 5.98. The molecule has 1 saturated heterocycles. The highest BCUT2D eigenvalue weighted by Gasteiger charge is 2.48. The highest BCUT2D eigenvalue weighted by molar-refractivity contribution is 7.22. The van der Waals surface area contributed by atoms with Crippen LogP contribution in [0.3, 0.4) is 0 Å². The summed E-state index contributed by atoms with van der Waals surface area (Å²) in [5, 5.41) is 12.3. The van der Waals surface area contributed by atoms with Gasteiger partial charge in [0.1, 0.15) is 23.4 Å². The maximum atomic E-state index is 13.5. The minimum absolute atomic E-state index is 0.00364. The Morgan fingerprint density at radius 2 is 1.92 bits per heavy atom. The summed E-state index contributed by atoms with van der Waals surface area (Å²) < 4.78 is 11.9. The van der Waals surface area contributed by atoms with Gasteiger partial charge in [0.15, 0.2) is 5.13 Å². The number of halogens is 1. The molecule has 1 N–H and O–H groups in total. The number of aliphatic hydroxyl groups excluding tert-OH is 1. The number of rotatable bonds is 4. The molecule has 4 aromatic rings. The molecule has 2 aliphatic rings. The first-order chi connectivity index (χ1) is 17.8. The van der Waals surface area contributed by atoms with Crippen molar-refractivity contribution in [1.29, 1.82) is 0 Å². The summed E-state index contributed by atoms with van der Waals surface area (Å²) in [5.74, 6) is -0.367. The summed E-state index contributed by atoms with van der Waals surface area (Å²) in [7, 11) is 1.58. The van der Waals surface area contributed by atoms with Gasteiger partial charge in [-0.3, -0.25) is 14.5 Å². The van der Waals surface area contributed by atoms with Gasteiger partial charge in [0.05, 0.1) is 28.9 Å². The van der Waals surface area contributed by atoms with Gasteiger partial charge in [0.25, 0.3) is 5.78 Å². The van der Waals surface area contributed by atoms with E-state index in [0.717, 1.165) is 16.0 Å². The first-order valence-corrected chi connectivity index (χ1v) is 12.8. The van der Waals surface area contributed by atoms with Crippen molar-refractivity contribution in [3.63, 3.8) is 0 Å². The van der Waals surface area contributed by atoms with Crippen molar-refractivity contribution in [2.75, 3.05) is 12.0 Å². The Morgan fingerprint density at radius 3 is 2.68 bits per heavy atom. The van der Waals surface area contributed by atoms with Gasteiger partial charge >= 0.3 is 5.91 Å². The maximum absolute atomic E-state index is 13.5. The van der Waals surface area contributed by atoms with Crippen LogP contribution in [0.5, 0.6) is 11.5 Å². The molecule has 1 aromatic heterocycles. The molecule has 2 atom stereocenters. The zero-order valence-corrected chi connectivity index (χ0v) is 21.5. The normalized spacial score (nSPS) is 20.4. The molecule has 2 aliphatic heterocycles. The molecule has 0 bridgehead atoms. The molecule has 0 unspecified atom stereocenters. The maximum Gasteiger partial charge on any atom is 0.301 e. The number of hydrogen-bond acceptors (Lipinski definition) is 7. The number of aromatic nitrogens is 1. The van der Waals surface area contributed by atoms with E-state index >= 15 is 0 Å². The summed E-state index contributed by atoms with van der Waals surface area (Å²) in [5.41, 5.74) is 2.68. The standard InChI is InChI=1S/C28H21ClN2O5S/c1-14-11-17-12-16(5-10-21(17)36-14)25(32)23-24(15-3-6-18(29)7-4-15)31(27(34)26(23)33)28-30-20-9-8-19(35-2)13-22(20)37-28/h3-10,12-14,24,32H,11H2,1-2H3/t14-,24-/m1/s1. The number of anilines is 1. The Morgan fingerprint density at radius 1 is 1.14 bits per heavy atom. The minimum atomic E-state index is -0.886. The number of ether oxygens (including phenoxy) is 2. The summed E-state index contributed by atoms with van der Waals surface area (Å²) in [6.45, 7) is 1.97. The average molecular weight is 533 g/mol. The number of carbonyl (C=O) groups excluding carboxylic acids is 2. The topological polar surface area (TPSA) is 89.0 Å². The van der Waals surface area contributed by atoms with E-state index in [1.165, 1.54) is 16.2 Å². The molecule has 0 saturated carbocycles. The van der Waals surface area contributed by atoms with Crippen molar-refractivity contribution in [3.05, 3.63) is 87.9 Å². The Kier molecular flexibility index (Phi) is 5.66. The molecule has 37 heavy (non-hydrogen) atoms. The van der Waals surface area contributed by atoms with Crippen molar-refractivity contribution >= 4 is 55.7 Å². The molecule has 9 heteroatoms. The molecule has 1 fully saturated rings. The van der Waals surface area contributed by atoms with Gasteiger partial charge in [-0.15, -0.1) is 0 Å². The van der Waals surface area contributed by atoms with Crippen LogP contribution >= 0.6 is 22.9 Å². The van der Waals surface area contributed by atoms with E-state index in [0.29, 0.717) is 39.0 Å². The average Bonchev–Trinajstić information content (AvgIpc) is 3.55. The van der Waals surface area contributed by atoms with Gasteiger partial charge in [-0.25, -0.2) is 4.98 Å². The third-order valence-corrected chi connectivity index (χ3v) is 7.86. The summed E-state index contributed by atoms with van der Waals surface area (Å²) in [6.07, 6.45) is 0.727. The number of aliphatic hydroxyl groups is 1. The molecule has 186 valence electrons. The number of fused-ring (bicyclic) bond motifs is 2. The predicted octanol–water partition coefficient (Wildman–Crippen LogP) is 5.91. The smallest absolute Gasteiger partial charge is 0.301 e. The van der Waals surface area contributed by atoms with Crippen LogP contribution in [-0.2, 0) is 16.0 Å². The van der Waals surface area contributed by atoms with Gasteiger partial charge in [-0.2, -0.15) is 0 Å². The van der Waals surface area contributed by atoms with Crippen LogP contribution in [0, 0.1) is 0 Å². The zero-order valence-electron chi connectivity index (χ0n) is 19.9. The van der Waals surface area contributed by atoms with Gasteiger partial charge in [0.2, 0.25) is 0 Å². The third kappa shape index (κ3) is 3.93. The fraction of sp³-hybridized carbons (Fsp3) is 0.179. The van der Waals surface area contributed by atoms with Crippen LogP contribution in [0.2, 0.25) is 5.02 Å². The van der Waals surface area contributed by atoms with Crippen molar-refractivity contribution in [1.82, 2.24) is 4.98 Å². The monoisotopic (exact) mass is 532 g/mol. The molecular formula is C28H21ClN2O5S. The number of ketones is 1. The fourth-order valence-electron chi connectivity index (χ4n) is 4.84. The van der Waals surface area contributed by atoms with E-state index in [1.807, 2.05) is 19.1 Å². The number of carbonyl (C=O) groups is 2. The van der Waals surface area contributed by atoms with Crippen LogP contribution in [0.25, 0.3) is 16.0 Å². The largest absolute Gasteiger partial charge is 0.507 e. The zero-order chi connectivity index (χ0) is 25.8. The molecule has 3 aromatic carbocycles. The van der Waals surface area contributed by atoms with Crippen molar-refractivity contribution in [2.45, 2.75) is 25.5 Å². The van der Waals surface area contributed by atoms with E-state index in [9.17, 15) is 14.7 Å². The van der Waals surface area contributed by atoms with E-state index in [4.69, 9.17) is 21.1 Å². The van der Waals surface area contributed by atoms with E-state index in [1.54, 1.807) is 55.6 Å². The molecule has 7 nitrogen and oxygen atoms in total. The third-order valence-electron chi connectivity index (χ3n) is 6.59. The molecular weight excluding hydrogens is 512 g/mol. The van der Waals surface area contributed by atoms with Gasteiger partial charge in [-0.1, -0.05) is 35.1 Å². The Balaban J connectivity index is 1.52. The molecule has 0 aliphatic carbocycles. The molecule has 6 rings (SSSR count). The van der Waals surface area contributed by atoms with Gasteiger partial charge in [-0.05, 0) is 66.6 Å². The highest BCUT2D eigenvalue weighted by Crippen LogP contribution is 2.45. The Labute approximate surface area is 221 Å². The molecule has 0 spiro atoms. The minimum Gasteiger partial charge on any atom is -0.507 e. The lowest BCUT2D eigenvalue weighted by Crippen LogP contribution is -2.29. The van der Waals surface area contributed by atoms with Crippen LogP contribution in [0.4, 0.5) is 5.13 Å². The van der Waals surface area contributed by atoms with Gasteiger partial charge in [0, 0.05) is 17.0 Å². The summed E-state index contributed by atoms with van der Waals surface area (Å²) in [4.78, 5) is 32.9. The number of nitrogens with zero attached hydrogens (tertiary/aromatic N) is 2. The van der Waals surface area contributed by atoms with Crippen molar-refractivity contribution in [3.8, 4) is 11.5 Å². The predicted molar refractivity (Wildman–Crippen MR) is 143 cm³/mol. The van der Waals surface area contributed by atoms with Crippen LogP contribution in [0.15, 0.2) is 66.2 Å². The second-order valence-electron chi connectivity index (χ2n) is 9.01. The lowest BCUT2D eigenvalue weighted by molar-refractivity contribution is -0.132. The first kappa shape index (κ1) is 23.5. The summed E-state index contributed by atoms with van der Waals surface area (Å²) in [6, 6.07) is 16.7. The second-order valence-corrected chi connectivity index (χ2v) is 10.5. The molecule has 3 heterocycles. The number of benzene rings is 3.